The van der Waals surface area contributed by atoms with Gasteiger partial charge in [-0.1, -0.05) is 0 Å². The first-order chi connectivity index (χ1) is 6.07. The van der Waals surface area contributed by atoms with Crippen molar-refractivity contribution < 1.29 is 14.2 Å². The molecule has 13 heavy (non-hydrogen) atoms. The minimum Gasteiger partial charge on any atom is -0.505 e. The summed E-state index contributed by atoms with van der Waals surface area (Å²) < 4.78 is 17.6. The van der Waals surface area contributed by atoms with Crippen LogP contribution in [0, 0.1) is 12.7 Å². The largest absolute Gasteiger partial charge is 0.505 e. The molecule has 0 unspecified atom stereocenters. The molecule has 70 valence electrons. The number of hydrogen-bond donors (Lipinski definition) is 1. The first-order valence-corrected chi connectivity index (χ1v) is 4.05. The zero-order valence-corrected chi connectivity index (χ0v) is 8.11. The van der Waals surface area contributed by atoms with Gasteiger partial charge in [-0.15, -0.1) is 0 Å². The summed E-state index contributed by atoms with van der Waals surface area (Å²) in [5.74, 6) is -1.03. The Morgan fingerprint density at radius 1 is 1.54 bits per heavy atom. The van der Waals surface area contributed by atoms with E-state index in [-0.39, 0.29) is 10.8 Å². The Morgan fingerprint density at radius 3 is 2.69 bits per heavy atom. The maximum atomic E-state index is 12.8. The van der Waals surface area contributed by atoms with E-state index in [2.05, 4.69) is 0 Å². The van der Waals surface area contributed by atoms with Crippen molar-refractivity contribution in [3.63, 3.8) is 0 Å². The van der Waals surface area contributed by atoms with Crippen LogP contribution in [0.3, 0.4) is 0 Å². The number of halogens is 1. The maximum Gasteiger partial charge on any atom is 0.191 e. The highest BCUT2D eigenvalue weighted by Gasteiger charge is 2.11. The standard InChI is InChI=1S/C9H9FO2S/c1-5-6(9(13)12-2)3-4-7(10)8(5)11/h3-4,11H,1-2H3. The van der Waals surface area contributed by atoms with Crippen LogP contribution in [0.4, 0.5) is 4.39 Å². The fourth-order valence-corrected chi connectivity index (χ4v) is 1.22. The Labute approximate surface area is 81.0 Å². The SMILES string of the molecule is COC(=S)c1ccc(F)c(O)c1C. The zero-order valence-electron chi connectivity index (χ0n) is 7.30. The average Bonchev–Trinajstić information content (AvgIpc) is 2.13. The highest BCUT2D eigenvalue weighted by atomic mass is 32.1. The molecule has 0 bridgehead atoms. The summed E-state index contributed by atoms with van der Waals surface area (Å²) in [4.78, 5) is 0. The molecule has 1 N–H and O–H groups in total. The molecule has 1 aromatic rings. The summed E-state index contributed by atoms with van der Waals surface area (Å²) in [7, 11) is 1.43. The van der Waals surface area contributed by atoms with Crippen molar-refractivity contribution in [1.29, 1.82) is 0 Å². The zero-order chi connectivity index (χ0) is 10.0. The van der Waals surface area contributed by atoms with E-state index in [1.54, 1.807) is 6.92 Å². The number of benzene rings is 1. The van der Waals surface area contributed by atoms with E-state index in [9.17, 15) is 9.50 Å². The van der Waals surface area contributed by atoms with Crippen molar-refractivity contribution in [2.24, 2.45) is 0 Å². The second-order valence-electron chi connectivity index (χ2n) is 2.56. The molecule has 0 saturated carbocycles. The number of phenols is 1. The van der Waals surface area contributed by atoms with E-state index in [4.69, 9.17) is 17.0 Å². The monoisotopic (exact) mass is 200 g/mol. The summed E-state index contributed by atoms with van der Waals surface area (Å²) in [5.41, 5.74) is 0.934. The second kappa shape index (κ2) is 3.70. The van der Waals surface area contributed by atoms with Gasteiger partial charge >= 0.3 is 0 Å². The van der Waals surface area contributed by atoms with Crippen LogP contribution >= 0.6 is 12.2 Å². The van der Waals surface area contributed by atoms with Crippen LogP contribution in [0.25, 0.3) is 0 Å². The summed E-state index contributed by atoms with van der Waals surface area (Å²) in [6, 6.07) is 2.64. The Bertz CT molecular complexity index is 350. The highest BCUT2D eigenvalue weighted by Crippen LogP contribution is 2.24. The molecule has 0 aliphatic carbocycles. The lowest BCUT2D eigenvalue weighted by atomic mass is 10.1. The third-order valence-electron chi connectivity index (χ3n) is 1.79. The molecule has 0 aliphatic heterocycles. The Balaban J connectivity index is 3.26. The average molecular weight is 200 g/mol. The molecule has 4 heteroatoms. The molecule has 0 heterocycles. The number of methoxy groups -OCH3 is 1. The van der Waals surface area contributed by atoms with Crippen LogP contribution in [0.15, 0.2) is 12.1 Å². The first-order valence-electron chi connectivity index (χ1n) is 3.64. The van der Waals surface area contributed by atoms with Crippen LogP contribution < -0.4 is 0 Å². The van der Waals surface area contributed by atoms with E-state index in [0.29, 0.717) is 11.1 Å². The molecule has 0 saturated heterocycles. The molecule has 0 spiro atoms. The van der Waals surface area contributed by atoms with Crippen molar-refractivity contribution in [1.82, 2.24) is 0 Å². The van der Waals surface area contributed by atoms with Crippen molar-refractivity contribution in [3.8, 4) is 5.75 Å². The lowest BCUT2D eigenvalue weighted by molar-refractivity contribution is 0.411. The van der Waals surface area contributed by atoms with Gasteiger partial charge in [-0.25, -0.2) is 4.39 Å². The number of thiocarbonyl (C=S) groups is 1. The second-order valence-corrected chi connectivity index (χ2v) is 2.93. The minimum absolute atomic E-state index is 0.243. The Kier molecular flexibility index (Phi) is 2.83. The topological polar surface area (TPSA) is 29.5 Å². The van der Waals surface area contributed by atoms with Gasteiger partial charge in [0.1, 0.15) is 0 Å². The highest BCUT2D eigenvalue weighted by molar-refractivity contribution is 7.80. The van der Waals surface area contributed by atoms with Crippen molar-refractivity contribution >= 4 is 17.3 Å². The quantitative estimate of drug-likeness (QED) is 0.704. The minimum atomic E-state index is -0.653. The molecule has 2 nitrogen and oxygen atoms in total. The van der Waals surface area contributed by atoms with E-state index < -0.39 is 5.82 Å². The van der Waals surface area contributed by atoms with Crippen LogP contribution in [0.5, 0.6) is 5.75 Å². The fraction of sp³-hybridized carbons (Fsp3) is 0.222. The van der Waals surface area contributed by atoms with Crippen LogP contribution in [-0.4, -0.2) is 17.3 Å². The summed E-state index contributed by atoms with van der Waals surface area (Å²) in [5, 5.41) is 9.48. The summed E-state index contributed by atoms with van der Waals surface area (Å²) >= 11 is 4.86. The molecule has 0 amide bonds. The first kappa shape index (κ1) is 9.92. The third-order valence-corrected chi connectivity index (χ3v) is 2.17. The van der Waals surface area contributed by atoms with Gasteiger partial charge in [0.2, 0.25) is 0 Å². The van der Waals surface area contributed by atoms with Gasteiger partial charge in [-0.05, 0) is 31.3 Å². The molecule has 0 aliphatic rings. The number of ether oxygens (including phenoxy) is 1. The Morgan fingerprint density at radius 2 is 2.15 bits per heavy atom. The molecule has 0 atom stereocenters. The van der Waals surface area contributed by atoms with Gasteiger partial charge in [-0.3, -0.25) is 0 Å². The molecule has 1 rings (SSSR count). The molecule has 0 radical (unpaired) electrons. The van der Waals surface area contributed by atoms with E-state index in [0.717, 1.165) is 6.07 Å². The van der Waals surface area contributed by atoms with Crippen LogP contribution in [0.2, 0.25) is 0 Å². The predicted octanol–water partition coefficient (Wildman–Crippen LogP) is 2.16. The number of hydrogen-bond acceptors (Lipinski definition) is 3. The number of aromatic hydroxyl groups is 1. The van der Waals surface area contributed by atoms with E-state index >= 15 is 0 Å². The van der Waals surface area contributed by atoms with Crippen molar-refractivity contribution in [2.45, 2.75) is 6.92 Å². The van der Waals surface area contributed by atoms with Gasteiger partial charge in [-0.2, -0.15) is 0 Å². The van der Waals surface area contributed by atoms with E-state index in [1.807, 2.05) is 0 Å². The maximum absolute atomic E-state index is 12.8. The molecule has 0 aromatic heterocycles. The van der Waals surface area contributed by atoms with Gasteiger partial charge < -0.3 is 9.84 Å². The normalized spacial score (nSPS) is 9.77. The molecular formula is C9H9FO2S. The third kappa shape index (κ3) is 1.78. The van der Waals surface area contributed by atoms with Crippen molar-refractivity contribution in [2.75, 3.05) is 7.11 Å². The predicted molar refractivity (Wildman–Crippen MR) is 51.5 cm³/mol. The van der Waals surface area contributed by atoms with Gasteiger partial charge in [0.25, 0.3) is 0 Å². The molecule has 0 fully saturated rings. The van der Waals surface area contributed by atoms with Crippen LogP contribution in [0.1, 0.15) is 11.1 Å². The van der Waals surface area contributed by atoms with Gasteiger partial charge in [0.05, 0.1) is 7.11 Å². The lowest BCUT2D eigenvalue weighted by Crippen LogP contribution is -2.02. The number of phenolic OH excluding ortho intramolecular Hbond substituents is 1. The van der Waals surface area contributed by atoms with Crippen LogP contribution in [-0.2, 0) is 4.74 Å². The molecular weight excluding hydrogens is 191 g/mol. The van der Waals surface area contributed by atoms with E-state index in [1.165, 1.54) is 13.2 Å². The Hall–Kier alpha value is -1.16. The van der Waals surface area contributed by atoms with Crippen molar-refractivity contribution in [3.05, 3.63) is 29.1 Å². The number of rotatable bonds is 1. The van der Waals surface area contributed by atoms with Gasteiger partial charge in [0, 0.05) is 11.1 Å². The molecule has 1 aromatic carbocycles. The lowest BCUT2D eigenvalue weighted by Gasteiger charge is -2.07. The van der Waals surface area contributed by atoms with Gasteiger partial charge in [0.15, 0.2) is 16.6 Å². The summed E-state index contributed by atoms with van der Waals surface area (Å²) in [6.07, 6.45) is 0. The summed E-state index contributed by atoms with van der Waals surface area (Å²) in [6.45, 7) is 1.58. The smallest absolute Gasteiger partial charge is 0.191 e. The fourth-order valence-electron chi connectivity index (χ4n) is 0.998.